The summed E-state index contributed by atoms with van der Waals surface area (Å²) in [4.78, 5) is 4.41. The summed E-state index contributed by atoms with van der Waals surface area (Å²) in [6.45, 7) is 4.15. The van der Waals surface area contributed by atoms with Crippen LogP contribution in [0.5, 0.6) is 0 Å². The van der Waals surface area contributed by atoms with Gasteiger partial charge < -0.3 is 10.4 Å². The van der Waals surface area contributed by atoms with Gasteiger partial charge in [0.1, 0.15) is 18.1 Å². The third-order valence-corrected chi connectivity index (χ3v) is 5.61. The molecule has 0 amide bonds. The number of thioether (sulfide) groups is 1. The Morgan fingerprint density at radius 2 is 2.14 bits per heavy atom. The Hall–Kier alpha value is -2.75. The fourth-order valence-electron chi connectivity index (χ4n) is 3.07. The Bertz CT molecular complexity index is 1000. The number of hydrogen-bond acceptors (Lipinski definition) is 5. The first-order valence-corrected chi connectivity index (χ1v) is 10.7. The summed E-state index contributed by atoms with van der Waals surface area (Å²) in [6, 6.07) is 14.3. The van der Waals surface area contributed by atoms with Crippen molar-refractivity contribution in [3.8, 4) is 23.2 Å². The summed E-state index contributed by atoms with van der Waals surface area (Å²) in [5, 5.41) is 16.6. The van der Waals surface area contributed by atoms with Crippen LogP contribution < -0.4 is 5.32 Å². The summed E-state index contributed by atoms with van der Waals surface area (Å²) in [6.07, 6.45) is 1.82. The van der Waals surface area contributed by atoms with Crippen molar-refractivity contribution in [2.45, 2.75) is 25.6 Å². The predicted molar refractivity (Wildman–Crippen MR) is 121 cm³/mol. The van der Waals surface area contributed by atoms with E-state index >= 15 is 0 Å². The van der Waals surface area contributed by atoms with Gasteiger partial charge in [-0.2, -0.15) is 16.9 Å². The second-order valence-corrected chi connectivity index (χ2v) is 7.93. The van der Waals surface area contributed by atoms with Gasteiger partial charge in [0.25, 0.3) is 0 Å². The number of nitrogens with zero attached hydrogens (tertiary/aromatic N) is 3. The van der Waals surface area contributed by atoms with E-state index in [9.17, 15) is 0 Å². The molecule has 0 radical (unpaired) electrons. The smallest absolute Gasteiger partial charge is 0.128 e. The van der Waals surface area contributed by atoms with Crippen molar-refractivity contribution in [1.29, 1.82) is 0 Å². The highest BCUT2D eigenvalue weighted by Crippen LogP contribution is 2.33. The van der Waals surface area contributed by atoms with Crippen molar-refractivity contribution in [2.24, 2.45) is 7.05 Å². The maximum atomic E-state index is 8.42. The van der Waals surface area contributed by atoms with Gasteiger partial charge in [-0.25, -0.2) is 0 Å². The molecule has 3 aromatic rings. The minimum atomic E-state index is -0.0755. The lowest BCUT2D eigenvalue weighted by Gasteiger charge is -2.11. The summed E-state index contributed by atoms with van der Waals surface area (Å²) < 4.78 is 1.93. The third kappa shape index (κ3) is 5.63. The molecule has 0 saturated carbocycles. The number of hydrogen-bond donors (Lipinski definition) is 2. The van der Waals surface area contributed by atoms with Crippen LogP contribution in [0.1, 0.15) is 23.6 Å². The van der Waals surface area contributed by atoms with Crippen molar-refractivity contribution in [3.63, 3.8) is 0 Å². The molecule has 0 bridgehead atoms. The van der Waals surface area contributed by atoms with Crippen molar-refractivity contribution in [2.75, 3.05) is 17.7 Å². The molecule has 1 aromatic carbocycles. The highest BCUT2D eigenvalue weighted by atomic mass is 32.2. The Morgan fingerprint density at radius 3 is 2.86 bits per heavy atom. The number of pyridine rings is 1. The van der Waals surface area contributed by atoms with Gasteiger partial charge >= 0.3 is 0 Å². The van der Waals surface area contributed by atoms with Crippen LogP contribution in [0.3, 0.4) is 0 Å². The van der Waals surface area contributed by atoms with Crippen LogP contribution in [0.2, 0.25) is 0 Å². The number of benzene rings is 1. The van der Waals surface area contributed by atoms with Crippen LogP contribution in [0, 0.1) is 18.8 Å². The van der Waals surface area contributed by atoms with Gasteiger partial charge in [0, 0.05) is 41.9 Å². The first kappa shape index (κ1) is 21.0. The van der Waals surface area contributed by atoms with Crippen LogP contribution >= 0.6 is 11.8 Å². The molecule has 4 rings (SSSR count). The van der Waals surface area contributed by atoms with Gasteiger partial charge in [-0.3, -0.25) is 9.67 Å². The molecular weight excluding hydrogens is 380 g/mol. The van der Waals surface area contributed by atoms with Crippen LogP contribution in [-0.2, 0) is 12.8 Å². The zero-order chi connectivity index (χ0) is 20.6. The maximum Gasteiger partial charge on any atom is 0.128 e. The fourth-order valence-corrected chi connectivity index (χ4v) is 4.10. The Morgan fingerprint density at radius 1 is 1.28 bits per heavy atom. The average molecular weight is 407 g/mol. The molecule has 0 unspecified atom stereocenters. The molecule has 6 heteroatoms. The Labute approximate surface area is 176 Å². The van der Waals surface area contributed by atoms with Gasteiger partial charge in [-0.05, 0) is 43.7 Å². The third-order valence-electron chi connectivity index (χ3n) is 4.38. The van der Waals surface area contributed by atoms with Crippen molar-refractivity contribution >= 4 is 17.6 Å². The van der Waals surface area contributed by atoms with Gasteiger partial charge in [0.05, 0.1) is 5.69 Å². The molecular formula is C23H26N4OS. The van der Waals surface area contributed by atoms with E-state index in [4.69, 9.17) is 5.11 Å². The van der Waals surface area contributed by atoms with Crippen LogP contribution in [0.25, 0.3) is 11.4 Å². The van der Waals surface area contributed by atoms with Gasteiger partial charge in [-0.15, -0.1) is 0 Å². The van der Waals surface area contributed by atoms with Gasteiger partial charge in [0.2, 0.25) is 0 Å². The predicted octanol–water partition coefficient (Wildman–Crippen LogP) is 3.87. The van der Waals surface area contributed by atoms with E-state index in [1.807, 2.05) is 79.1 Å². The second kappa shape index (κ2) is 10.1. The molecule has 1 atom stereocenters. The summed E-state index contributed by atoms with van der Waals surface area (Å²) in [7, 11) is 1.99. The minimum absolute atomic E-state index is 0.0755. The summed E-state index contributed by atoms with van der Waals surface area (Å²) in [5.74, 6) is 8.68. The lowest BCUT2D eigenvalue weighted by molar-refractivity contribution is 0.350. The van der Waals surface area contributed by atoms with Gasteiger partial charge in [0.15, 0.2) is 0 Å². The maximum absolute atomic E-state index is 8.42. The molecule has 1 aliphatic heterocycles. The number of aromatic nitrogens is 3. The normalized spacial score (nSPS) is 15.0. The molecule has 0 fully saturated rings. The lowest BCUT2D eigenvalue weighted by Crippen LogP contribution is -2.18. The summed E-state index contributed by atoms with van der Waals surface area (Å²) in [5.41, 5.74) is 5.37. The molecule has 5 nitrogen and oxygen atoms in total. The molecule has 0 saturated heterocycles. The van der Waals surface area contributed by atoms with E-state index in [0.29, 0.717) is 6.04 Å². The standard InChI is InChI=1S/C13H16N4S.C10H10O/c1-9-7-18-8-10-12(11-5-3-4-6-14-11)16-17(2)13(10)15-9;1-9-4-2-5-10(8-9)6-3-7-11/h3-6,9,15H,7-8H2,1-2H3;2,4-5,8,11H,7H2,1H3/t9-;/m0./s1. The average Bonchev–Trinajstić information content (AvgIpc) is 2.90. The van der Waals surface area contributed by atoms with Crippen LogP contribution in [0.15, 0.2) is 48.7 Å². The van der Waals surface area contributed by atoms with Crippen LogP contribution in [-0.4, -0.2) is 38.3 Å². The fraction of sp³-hybridized carbons (Fsp3) is 0.304. The Kier molecular flexibility index (Phi) is 7.34. The Balaban J connectivity index is 0.000000188. The number of fused-ring (bicyclic) bond motifs is 1. The molecule has 1 aliphatic rings. The highest BCUT2D eigenvalue weighted by molar-refractivity contribution is 7.98. The highest BCUT2D eigenvalue weighted by Gasteiger charge is 2.22. The molecule has 3 heterocycles. The molecule has 0 spiro atoms. The van der Waals surface area contributed by atoms with Crippen molar-refractivity contribution in [1.82, 2.24) is 14.8 Å². The molecule has 2 aromatic heterocycles. The number of aliphatic hydroxyl groups excluding tert-OH is 1. The van der Waals surface area contributed by atoms with Crippen LogP contribution in [0.4, 0.5) is 5.82 Å². The summed E-state index contributed by atoms with van der Waals surface area (Å²) >= 11 is 1.95. The van der Waals surface area contributed by atoms with Crippen molar-refractivity contribution < 1.29 is 5.11 Å². The monoisotopic (exact) mass is 406 g/mol. The van der Waals surface area contributed by atoms with E-state index < -0.39 is 0 Å². The number of aryl methyl sites for hydroxylation is 2. The second-order valence-electron chi connectivity index (χ2n) is 6.90. The zero-order valence-corrected chi connectivity index (χ0v) is 17.8. The quantitative estimate of drug-likeness (QED) is 0.601. The minimum Gasteiger partial charge on any atom is -0.384 e. The lowest BCUT2D eigenvalue weighted by atomic mass is 10.1. The van der Waals surface area contributed by atoms with E-state index in [2.05, 4.69) is 34.2 Å². The zero-order valence-electron chi connectivity index (χ0n) is 17.0. The molecule has 29 heavy (non-hydrogen) atoms. The van der Waals surface area contributed by atoms with Crippen molar-refractivity contribution in [3.05, 3.63) is 65.4 Å². The number of nitrogens with one attached hydrogen (secondary N) is 1. The van der Waals surface area contributed by atoms with Gasteiger partial charge in [-0.1, -0.05) is 30.0 Å². The number of rotatable bonds is 1. The molecule has 150 valence electrons. The first-order chi connectivity index (χ1) is 14.1. The number of anilines is 1. The molecule has 2 N–H and O–H groups in total. The molecule has 0 aliphatic carbocycles. The van der Waals surface area contributed by atoms with E-state index in [-0.39, 0.29) is 6.61 Å². The largest absolute Gasteiger partial charge is 0.384 e. The van der Waals surface area contributed by atoms with E-state index in [1.54, 1.807) is 0 Å². The van der Waals surface area contributed by atoms with E-state index in [1.165, 1.54) is 11.1 Å². The van der Waals surface area contributed by atoms with E-state index in [0.717, 1.165) is 34.3 Å². The SMILES string of the molecule is C[C@H]1CSCc2c(-c3ccccn3)nn(C)c2N1.Cc1cccc(C#CCO)c1. The first-order valence-electron chi connectivity index (χ1n) is 9.56. The topological polar surface area (TPSA) is 63.0 Å². The number of aliphatic hydroxyl groups is 1.